The van der Waals surface area contributed by atoms with Gasteiger partial charge in [-0.05, 0) is 37.5 Å². The first-order valence-corrected chi connectivity index (χ1v) is 7.30. The Morgan fingerprint density at radius 3 is 2.25 bits per heavy atom. The monoisotopic (exact) mass is 240 g/mol. The number of hydrogen-bond acceptors (Lipinski definition) is 3. The minimum atomic E-state index is -3.07. The van der Waals surface area contributed by atoms with Crippen molar-refractivity contribution in [1.82, 2.24) is 0 Å². The summed E-state index contributed by atoms with van der Waals surface area (Å²) in [5, 5.41) is 0. The highest BCUT2D eigenvalue weighted by molar-refractivity contribution is 7.90. The molecule has 0 N–H and O–H groups in total. The number of aryl methyl sites for hydroxylation is 1. The molecule has 0 bridgehead atoms. The van der Waals surface area contributed by atoms with Gasteiger partial charge < -0.3 is 4.74 Å². The average molecular weight is 240 g/mol. The van der Waals surface area contributed by atoms with E-state index in [2.05, 4.69) is 6.92 Å². The molecule has 1 aromatic carbocycles. The minimum Gasteiger partial charge on any atom is -0.370 e. The summed E-state index contributed by atoms with van der Waals surface area (Å²) in [6.07, 6.45) is 3.98. The van der Waals surface area contributed by atoms with Crippen LogP contribution in [0.5, 0.6) is 0 Å². The average Bonchev–Trinajstić information content (AvgIpc) is 2.91. The number of hydrogen-bond donors (Lipinski definition) is 0. The maximum atomic E-state index is 11.2. The van der Waals surface area contributed by atoms with Gasteiger partial charge in [-0.15, -0.1) is 0 Å². The molecule has 0 radical (unpaired) electrons. The normalized spacial score (nSPS) is 24.4. The van der Waals surface area contributed by atoms with Crippen molar-refractivity contribution in [2.24, 2.45) is 0 Å². The van der Waals surface area contributed by atoms with Crippen LogP contribution in [-0.4, -0.2) is 26.9 Å². The Morgan fingerprint density at radius 1 is 1.25 bits per heavy atom. The predicted octanol–water partition coefficient (Wildman–Crippen LogP) is 1.81. The van der Waals surface area contributed by atoms with Crippen LogP contribution in [0, 0.1) is 0 Å². The fourth-order valence-electron chi connectivity index (χ4n) is 1.75. The Bertz CT molecular complexity index is 462. The van der Waals surface area contributed by atoms with E-state index in [1.54, 1.807) is 12.1 Å². The third kappa shape index (κ3) is 2.83. The van der Waals surface area contributed by atoms with Gasteiger partial charge in [0.25, 0.3) is 0 Å². The van der Waals surface area contributed by atoms with E-state index in [1.165, 1.54) is 6.26 Å². The number of sulfone groups is 1. The molecule has 3 nitrogen and oxygen atoms in total. The van der Waals surface area contributed by atoms with E-state index in [0.29, 0.717) is 17.1 Å². The minimum absolute atomic E-state index is 0.382. The summed E-state index contributed by atoms with van der Waals surface area (Å²) >= 11 is 0. The maximum Gasteiger partial charge on any atom is 0.175 e. The molecule has 1 saturated heterocycles. The standard InChI is InChI=1S/C12H16O3S/c1-9-12(15-9)8-5-10-3-6-11(7-4-10)16(2,13)14/h3-4,6-7,9,12H,5,8H2,1-2H3. The van der Waals surface area contributed by atoms with E-state index in [1.807, 2.05) is 12.1 Å². The second-order valence-corrected chi connectivity index (χ2v) is 6.35. The lowest BCUT2D eigenvalue weighted by molar-refractivity contribution is 0.370. The van der Waals surface area contributed by atoms with Gasteiger partial charge in [-0.1, -0.05) is 12.1 Å². The van der Waals surface area contributed by atoms with Gasteiger partial charge in [0.05, 0.1) is 17.1 Å². The Hall–Kier alpha value is -0.870. The molecule has 2 rings (SSSR count). The molecule has 1 heterocycles. The van der Waals surface area contributed by atoms with Crippen molar-refractivity contribution in [3.63, 3.8) is 0 Å². The summed E-state index contributed by atoms with van der Waals surface area (Å²) in [7, 11) is -3.07. The van der Waals surface area contributed by atoms with Gasteiger partial charge in [0.1, 0.15) is 0 Å². The molecule has 1 aliphatic rings. The van der Waals surface area contributed by atoms with E-state index in [9.17, 15) is 8.42 Å². The number of benzene rings is 1. The Balaban J connectivity index is 1.97. The molecule has 2 unspecified atom stereocenters. The molecule has 4 heteroatoms. The quantitative estimate of drug-likeness (QED) is 0.754. The van der Waals surface area contributed by atoms with E-state index in [0.717, 1.165) is 18.4 Å². The van der Waals surface area contributed by atoms with Gasteiger partial charge in [-0.25, -0.2) is 8.42 Å². The van der Waals surface area contributed by atoms with E-state index in [4.69, 9.17) is 4.74 Å². The van der Waals surface area contributed by atoms with Crippen LogP contribution in [0.1, 0.15) is 18.9 Å². The summed E-state index contributed by atoms with van der Waals surface area (Å²) in [5.74, 6) is 0. The van der Waals surface area contributed by atoms with Crippen LogP contribution in [0.2, 0.25) is 0 Å². The first-order valence-electron chi connectivity index (χ1n) is 5.41. The van der Waals surface area contributed by atoms with Gasteiger partial charge in [0.2, 0.25) is 0 Å². The largest absolute Gasteiger partial charge is 0.370 e. The zero-order valence-corrected chi connectivity index (χ0v) is 10.3. The molecular weight excluding hydrogens is 224 g/mol. The van der Waals surface area contributed by atoms with Crippen molar-refractivity contribution in [3.05, 3.63) is 29.8 Å². The molecule has 1 fully saturated rings. The first kappa shape index (κ1) is 11.6. The van der Waals surface area contributed by atoms with Crippen molar-refractivity contribution in [1.29, 1.82) is 0 Å². The third-order valence-corrected chi connectivity index (χ3v) is 4.03. The van der Waals surface area contributed by atoms with Crippen molar-refractivity contribution >= 4 is 9.84 Å². The number of rotatable bonds is 4. The molecule has 0 aromatic heterocycles. The molecule has 0 aliphatic carbocycles. The predicted molar refractivity (Wildman–Crippen MR) is 62.2 cm³/mol. The van der Waals surface area contributed by atoms with Gasteiger partial charge in [-0.2, -0.15) is 0 Å². The Labute approximate surface area is 96.4 Å². The first-order chi connectivity index (χ1) is 7.47. The van der Waals surface area contributed by atoms with E-state index >= 15 is 0 Å². The van der Waals surface area contributed by atoms with Gasteiger partial charge in [-0.3, -0.25) is 0 Å². The molecule has 1 aromatic rings. The van der Waals surface area contributed by atoms with Crippen LogP contribution >= 0.6 is 0 Å². The number of ether oxygens (including phenoxy) is 1. The summed E-state index contributed by atoms with van der Waals surface area (Å²) in [4.78, 5) is 0.382. The number of epoxide rings is 1. The van der Waals surface area contributed by atoms with Crippen LogP contribution in [0.25, 0.3) is 0 Å². The molecule has 0 amide bonds. The molecule has 2 atom stereocenters. The van der Waals surface area contributed by atoms with Gasteiger partial charge >= 0.3 is 0 Å². The fraction of sp³-hybridized carbons (Fsp3) is 0.500. The lowest BCUT2D eigenvalue weighted by Gasteiger charge is -2.01. The molecule has 0 spiro atoms. The van der Waals surface area contributed by atoms with Crippen molar-refractivity contribution in [2.45, 2.75) is 36.9 Å². The SMILES string of the molecule is CC1OC1CCc1ccc(S(C)(=O)=O)cc1. The second kappa shape index (κ2) is 4.18. The Morgan fingerprint density at radius 2 is 1.81 bits per heavy atom. The highest BCUT2D eigenvalue weighted by Gasteiger charge is 2.33. The highest BCUT2D eigenvalue weighted by atomic mass is 32.2. The van der Waals surface area contributed by atoms with Crippen molar-refractivity contribution in [3.8, 4) is 0 Å². The molecule has 1 aliphatic heterocycles. The van der Waals surface area contributed by atoms with Crippen molar-refractivity contribution < 1.29 is 13.2 Å². The molecule has 88 valence electrons. The van der Waals surface area contributed by atoms with E-state index in [-0.39, 0.29) is 0 Å². The summed E-state index contributed by atoms with van der Waals surface area (Å²) in [6, 6.07) is 7.09. The molecule has 16 heavy (non-hydrogen) atoms. The van der Waals surface area contributed by atoms with Crippen LogP contribution in [-0.2, 0) is 21.0 Å². The van der Waals surface area contributed by atoms with Gasteiger partial charge in [0, 0.05) is 6.26 Å². The molecule has 0 saturated carbocycles. The second-order valence-electron chi connectivity index (χ2n) is 4.33. The lowest BCUT2D eigenvalue weighted by Crippen LogP contribution is -1.98. The van der Waals surface area contributed by atoms with Crippen LogP contribution < -0.4 is 0 Å². The fourth-order valence-corrected chi connectivity index (χ4v) is 2.38. The van der Waals surface area contributed by atoms with E-state index < -0.39 is 9.84 Å². The smallest absolute Gasteiger partial charge is 0.175 e. The van der Waals surface area contributed by atoms with Crippen LogP contribution in [0.15, 0.2) is 29.2 Å². The van der Waals surface area contributed by atoms with Crippen LogP contribution in [0.4, 0.5) is 0 Å². The maximum absolute atomic E-state index is 11.2. The van der Waals surface area contributed by atoms with Crippen LogP contribution in [0.3, 0.4) is 0 Å². The van der Waals surface area contributed by atoms with Crippen molar-refractivity contribution in [2.75, 3.05) is 6.26 Å². The highest BCUT2D eigenvalue weighted by Crippen LogP contribution is 2.26. The van der Waals surface area contributed by atoms with Gasteiger partial charge in [0.15, 0.2) is 9.84 Å². The Kier molecular flexibility index (Phi) is 3.04. The topological polar surface area (TPSA) is 46.7 Å². The third-order valence-electron chi connectivity index (χ3n) is 2.91. The summed E-state index contributed by atoms with van der Waals surface area (Å²) in [6.45, 7) is 2.07. The lowest BCUT2D eigenvalue weighted by atomic mass is 10.1. The summed E-state index contributed by atoms with van der Waals surface area (Å²) in [5.41, 5.74) is 1.16. The summed E-state index contributed by atoms with van der Waals surface area (Å²) < 4.78 is 27.8. The zero-order chi connectivity index (χ0) is 11.8. The zero-order valence-electron chi connectivity index (χ0n) is 9.51. The molecular formula is C12H16O3S.